The minimum absolute atomic E-state index is 0.0290. The Hall–Kier alpha value is -2.16. The van der Waals surface area contributed by atoms with Gasteiger partial charge in [-0.25, -0.2) is 9.18 Å². The van der Waals surface area contributed by atoms with E-state index in [-0.39, 0.29) is 17.9 Å². The van der Waals surface area contributed by atoms with Crippen molar-refractivity contribution in [2.24, 2.45) is 11.8 Å². The first-order valence-electron chi connectivity index (χ1n) is 15.2. The summed E-state index contributed by atoms with van der Waals surface area (Å²) in [6.07, 6.45) is 18.3. The van der Waals surface area contributed by atoms with E-state index in [1.54, 1.807) is 18.2 Å². The first kappa shape index (κ1) is 27.9. The van der Waals surface area contributed by atoms with Crippen molar-refractivity contribution in [3.63, 3.8) is 0 Å². The van der Waals surface area contributed by atoms with E-state index in [4.69, 9.17) is 4.74 Å². The molecule has 2 aliphatic carbocycles. The molecule has 2 saturated carbocycles. The lowest BCUT2D eigenvalue weighted by Crippen LogP contribution is -2.24. The lowest BCUT2D eigenvalue weighted by Gasteiger charge is -2.29. The van der Waals surface area contributed by atoms with Crippen LogP contribution < -0.4 is 0 Å². The fourth-order valence-corrected chi connectivity index (χ4v) is 6.52. The van der Waals surface area contributed by atoms with Gasteiger partial charge in [0.25, 0.3) is 0 Å². The van der Waals surface area contributed by atoms with Gasteiger partial charge in [0.15, 0.2) is 0 Å². The molecule has 3 heteroatoms. The molecule has 0 saturated heterocycles. The van der Waals surface area contributed by atoms with Crippen LogP contribution in [0.3, 0.4) is 0 Å². The molecule has 0 heterocycles. The van der Waals surface area contributed by atoms with Crippen molar-refractivity contribution < 1.29 is 13.9 Å². The third-order valence-electron chi connectivity index (χ3n) is 8.99. The van der Waals surface area contributed by atoms with E-state index >= 15 is 4.39 Å². The van der Waals surface area contributed by atoms with Crippen molar-refractivity contribution in [3.8, 4) is 11.1 Å². The fourth-order valence-electron chi connectivity index (χ4n) is 6.52. The number of ether oxygens (including phenoxy) is 1. The molecule has 0 amide bonds. The standard InChI is InChI=1S/C34H47FO2/c1-3-5-7-9-26-12-21-31(22-13-26)37-34(36)29-18-16-28(17-19-29)32-23-20-30(24-33(32)35)27-14-10-25(11-15-27)8-6-4-2/h16-20,23-27,31H,3-15,21-22H2,1-2H3/t25-,26-,27-,31-. The second-order valence-electron chi connectivity index (χ2n) is 11.7. The molecule has 2 aliphatic rings. The van der Waals surface area contributed by atoms with E-state index in [1.165, 1.54) is 70.6 Å². The Morgan fingerprint density at radius 3 is 2.03 bits per heavy atom. The zero-order valence-corrected chi connectivity index (χ0v) is 23.2. The van der Waals surface area contributed by atoms with Crippen LogP contribution in [0.1, 0.15) is 132 Å². The van der Waals surface area contributed by atoms with E-state index in [0.717, 1.165) is 48.6 Å². The molecule has 2 nitrogen and oxygen atoms in total. The van der Waals surface area contributed by atoms with Crippen molar-refractivity contribution in [1.29, 1.82) is 0 Å². The average Bonchev–Trinajstić information content (AvgIpc) is 2.93. The molecular formula is C34H47FO2. The van der Waals surface area contributed by atoms with Crippen LogP contribution in [0, 0.1) is 17.7 Å². The van der Waals surface area contributed by atoms with Crippen LogP contribution in [0.2, 0.25) is 0 Å². The van der Waals surface area contributed by atoms with Gasteiger partial charge in [-0.2, -0.15) is 0 Å². The summed E-state index contributed by atoms with van der Waals surface area (Å²) >= 11 is 0. The third-order valence-corrected chi connectivity index (χ3v) is 8.99. The summed E-state index contributed by atoms with van der Waals surface area (Å²) in [5, 5.41) is 0. The predicted molar refractivity (Wildman–Crippen MR) is 151 cm³/mol. The van der Waals surface area contributed by atoms with Crippen LogP contribution in [0.4, 0.5) is 4.39 Å². The number of hydrogen-bond donors (Lipinski definition) is 0. The minimum Gasteiger partial charge on any atom is -0.459 e. The smallest absolute Gasteiger partial charge is 0.338 e. The van der Waals surface area contributed by atoms with Crippen LogP contribution in [0.5, 0.6) is 0 Å². The molecule has 0 bridgehead atoms. The van der Waals surface area contributed by atoms with E-state index in [1.807, 2.05) is 18.2 Å². The molecule has 0 radical (unpaired) electrons. The molecule has 202 valence electrons. The molecule has 0 aliphatic heterocycles. The Bertz CT molecular complexity index is 966. The lowest BCUT2D eigenvalue weighted by atomic mass is 9.77. The number of hydrogen-bond acceptors (Lipinski definition) is 2. The monoisotopic (exact) mass is 506 g/mol. The van der Waals surface area contributed by atoms with Crippen LogP contribution >= 0.6 is 0 Å². The number of halogens is 1. The third kappa shape index (κ3) is 7.91. The van der Waals surface area contributed by atoms with Crippen molar-refractivity contribution in [3.05, 3.63) is 59.4 Å². The van der Waals surface area contributed by atoms with Gasteiger partial charge in [0, 0.05) is 5.56 Å². The minimum atomic E-state index is -0.258. The molecule has 0 atom stereocenters. The highest BCUT2D eigenvalue weighted by atomic mass is 19.1. The normalized spacial score (nSPS) is 24.1. The molecule has 0 unspecified atom stereocenters. The molecule has 37 heavy (non-hydrogen) atoms. The van der Waals surface area contributed by atoms with Gasteiger partial charge in [0.05, 0.1) is 5.56 Å². The number of carbonyl (C=O) groups excluding carboxylic acids is 1. The maximum Gasteiger partial charge on any atom is 0.338 e. The Balaban J connectivity index is 1.28. The summed E-state index contributed by atoms with van der Waals surface area (Å²) in [5.41, 5.74) is 3.08. The SMILES string of the molecule is CCCCC[C@H]1CC[C@H](OC(=O)c2ccc(-c3ccc([C@H]4CC[C@H](CCCC)CC4)cc3F)cc2)CC1. The molecule has 0 aromatic heterocycles. The highest BCUT2D eigenvalue weighted by Crippen LogP contribution is 2.39. The summed E-state index contributed by atoms with van der Waals surface area (Å²) in [6.45, 7) is 4.51. The molecule has 0 N–H and O–H groups in total. The summed E-state index contributed by atoms with van der Waals surface area (Å²) in [4.78, 5) is 12.7. The van der Waals surface area contributed by atoms with Gasteiger partial charge in [-0.1, -0.05) is 83.1 Å². The number of esters is 1. The summed E-state index contributed by atoms with van der Waals surface area (Å²) < 4.78 is 21.0. The van der Waals surface area contributed by atoms with Gasteiger partial charge in [0.1, 0.15) is 11.9 Å². The fraction of sp³-hybridized carbons (Fsp3) is 0.618. The summed E-state index contributed by atoms with van der Waals surface area (Å²) in [6, 6.07) is 13.0. The van der Waals surface area contributed by atoms with Crippen LogP contribution in [-0.2, 0) is 4.74 Å². The van der Waals surface area contributed by atoms with E-state index in [2.05, 4.69) is 19.9 Å². The second kappa shape index (κ2) is 14.1. The largest absolute Gasteiger partial charge is 0.459 e. The Kier molecular flexibility index (Phi) is 10.6. The van der Waals surface area contributed by atoms with E-state index in [9.17, 15) is 4.79 Å². The number of benzene rings is 2. The highest BCUT2D eigenvalue weighted by Gasteiger charge is 2.25. The van der Waals surface area contributed by atoms with Gasteiger partial charge < -0.3 is 4.74 Å². The Morgan fingerprint density at radius 2 is 1.41 bits per heavy atom. The van der Waals surface area contributed by atoms with Crippen molar-refractivity contribution in [2.75, 3.05) is 0 Å². The molecular weight excluding hydrogens is 459 g/mol. The second-order valence-corrected chi connectivity index (χ2v) is 11.7. The van der Waals surface area contributed by atoms with Crippen molar-refractivity contribution in [1.82, 2.24) is 0 Å². The van der Waals surface area contributed by atoms with Gasteiger partial charge in [0.2, 0.25) is 0 Å². The zero-order valence-electron chi connectivity index (χ0n) is 23.2. The van der Waals surface area contributed by atoms with E-state index < -0.39 is 0 Å². The van der Waals surface area contributed by atoms with Gasteiger partial charge in [-0.05, 0) is 98.4 Å². The van der Waals surface area contributed by atoms with E-state index in [0.29, 0.717) is 17.0 Å². The van der Waals surface area contributed by atoms with Crippen LogP contribution in [0.25, 0.3) is 11.1 Å². The van der Waals surface area contributed by atoms with Gasteiger partial charge in [-0.3, -0.25) is 0 Å². The maximum absolute atomic E-state index is 15.1. The molecule has 2 aromatic rings. The van der Waals surface area contributed by atoms with Crippen molar-refractivity contribution >= 4 is 5.97 Å². The summed E-state index contributed by atoms with van der Waals surface area (Å²) in [7, 11) is 0. The quantitative estimate of drug-likeness (QED) is 0.224. The number of carbonyl (C=O) groups is 1. The summed E-state index contributed by atoms with van der Waals surface area (Å²) in [5.74, 6) is 1.70. The topological polar surface area (TPSA) is 26.3 Å². The van der Waals surface area contributed by atoms with Crippen LogP contribution in [0.15, 0.2) is 42.5 Å². The first-order valence-corrected chi connectivity index (χ1v) is 15.2. The maximum atomic E-state index is 15.1. The average molecular weight is 507 g/mol. The molecule has 0 spiro atoms. The molecule has 4 rings (SSSR count). The first-order chi connectivity index (χ1) is 18.1. The van der Waals surface area contributed by atoms with Crippen molar-refractivity contribution in [2.45, 2.75) is 122 Å². The zero-order chi connectivity index (χ0) is 26.0. The lowest BCUT2D eigenvalue weighted by molar-refractivity contribution is 0.0161. The molecule has 2 fully saturated rings. The highest BCUT2D eigenvalue weighted by molar-refractivity contribution is 5.90. The van der Waals surface area contributed by atoms with Crippen LogP contribution in [-0.4, -0.2) is 12.1 Å². The Morgan fingerprint density at radius 1 is 0.784 bits per heavy atom. The number of unbranched alkanes of at least 4 members (excludes halogenated alkanes) is 3. The van der Waals surface area contributed by atoms with Gasteiger partial charge in [-0.15, -0.1) is 0 Å². The Labute approximate surface area is 224 Å². The van der Waals surface area contributed by atoms with Gasteiger partial charge >= 0.3 is 5.97 Å². The number of rotatable bonds is 11. The predicted octanol–water partition coefficient (Wildman–Crippen LogP) is 10.3. The molecule has 2 aromatic carbocycles.